The number of rotatable bonds is 5. The lowest BCUT2D eigenvalue weighted by atomic mass is 10.5. The summed E-state index contributed by atoms with van der Waals surface area (Å²) in [5, 5.41) is 6.98. The van der Waals surface area contributed by atoms with Gasteiger partial charge in [-0.25, -0.2) is 0 Å². The van der Waals surface area contributed by atoms with Gasteiger partial charge in [-0.1, -0.05) is 0 Å². The van der Waals surface area contributed by atoms with Crippen molar-refractivity contribution in [3.63, 3.8) is 0 Å². The minimum Gasteiger partial charge on any atom is -0.358 e. The van der Waals surface area contributed by atoms with Crippen molar-refractivity contribution in [1.82, 2.24) is 16.0 Å². The Morgan fingerprint density at radius 3 is 2.00 bits per heavy atom. The van der Waals surface area contributed by atoms with Crippen molar-refractivity contribution >= 4 is 30.4 Å². The Bertz CT molecular complexity index is 210. The third kappa shape index (κ3) is 6.30. The molecule has 0 bridgehead atoms. The summed E-state index contributed by atoms with van der Waals surface area (Å²) < 4.78 is 0. The van der Waals surface area contributed by atoms with E-state index in [1.165, 1.54) is 7.05 Å². The molecule has 0 spiro atoms. The molecule has 0 aliphatic heterocycles. The molecule has 7 heteroatoms. The van der Waals surface area contributed by atoms with Gasteiger partial charge in [-0.2, -0.15) is 12.6 Å². The minimum atomic E-state index is -0.413. The highest BCUT2D eigenvalue weighted by Gasteiger charge is 2.04. The van der Waals surface area contributed by atoms with E-state index in [2.05, 4.69) is 28.6 Å². The van der Waals surface area contributed by atoms with Gasteiger partial charge >= 0.3 is 0 Å². The van der Waals surface area contributed by atoms with Gasteiger partial charge in [0.2, 0.25) is 17.7 Å². The summed E-state index contributed by atoms with van der Waals surface area (Å²) >= 11 is 3.71. The van der Waals surface area contributed by atoms with Gasteiger partial charge in [0, 0.05) is 7.05 Å². The lowest BCUT2D eigenvalue weighted by Crippen LogP contribution is -2.41. The summed E-state index contributed by atoms with van der Waals surface area (Å²) in [6.45, 7) is -0.234. The summed E-state index contributed by atoms with van der Waals surface area (Å²) in [5.74, 6) is -1.01. The van der Waals surface area contributed by atoms with Crippen molar-refractivity contribution in [2.24, 2.45) is 0 Å². The number of thiol groups is 1. The van der Waals surface area contributed by atoms with Crippen molar-refractivity contribution in [3.8, 4) is 0 Å². The largest absolute Gasteiger partial charge is 0.358 e. The standard InChI is InChI=1S/C7H13N3O3S/c1-8-5(11)2-9-6(12)3-10-7(13)4-14/h14H,2-4H2,1H3,(H,8,11)(H,9,12)(H,10,13). The van der Waals surface area contributed by atoms with Crippen molar-refractivity contribution in [2.75, 3.05) is 25.9 Å². The van der Waals surface area contributed by atoms with Crippen LogP contribution in [-0.2, 0) is 14.4 Å². The monoisotopic (exact) mass is 219 g/mol. The van der Waals surface area contributed by atoms with Crippen LogP contribution in [0.3, 0.4) is 0 Å². The summed E-state index contributed by atoms with van der Waals surface area (Å²) in [6.07, 6.45) is 0. The summed E-state index contributed by atoms with van der Waals surface area (Å²) in [7, 11) is 1.47. The van der Waals surface area contributed by atoms with Crippen LogP contribution in [0, 0.1) is 0 Å². The maximum Gasteiger partial charge on any atom is 0.239 e. The van der Waals surface area contributed by atoms with Gasteiger partial charge in [-0.15, -0.1) is 0 Å². The minimum absolute atomic E-state index is 0.0305. The molecule has 0 rings (SSSR count). The molecule has 0 radical (unpaired) electrons. The molecule has 0 unspecified atom stereocenters. The predicted molar refractivity (Wildman–Crippen MR) is 53.9 cm³/mol. The van der Waals surface area contributed by atoms with E-state index in [4.69, 9.17) is 0 Å². The molecular weight excluding hydrogens is 206 g/mol. The van der Waals surface area contributed by atoms with Crippen LogP contribution in [0.25, 0.3) is 0 Å². The highest BCUT2D eigenvalue weighted by molar-refractivity contribution is 7.81. The first-order valence-corrected chi connectivity index (χ1v) is 4.58. The fourth-order valence-corrected chi connectivity index (χ4v) is 0.676. The molecule has 0 heterocycles. The van der Waals surface area contributed by atoms with Crippen LogP contribution in [0.1, 0.15) is 0 Å². The summed E-state index contributed by atoms with van der Waals surface area (Å²) in [6, 6.07) is 0. The van der Waals surface area contributed by atoms with Crippen molar-refractivity contribution in [2.45, 2.75) is 0 Å². The van der Waals surface area contributed by atoms with Crippen LogP contribution in [0.15, 0.2) is 0 Å². The smallest absolute Gasteiger partial charge is 0.239 e. The molecule has 0 saturated carbocycles. The first-order valence-electron chi connectivity index (χ1n) is 3.95. The SMILES string of the molecule is CNC(=O)CNC(=O)CNC(=O)CS. The van der Waals surface area contributed by atoms with Gasteiger partial charge in [0.1, 0.15) is 0 Å². The van der Waals surface area contributed by atoms with Gasteiger partial charge in [-0.3, -0.25) is 14.4 Å². The van der Waals surface area contributed by atoms with Crippen molar-refractivity contribution in [3.05, 3.63) is 0 Å². The number of hydrogen-bond donors (Lipinski definition) is 4. The average molecular weight is 219 g/mol. The normalized spacial score (nSPS) is 9.00. The van der Waals surface area contributed by atoms with Gasteiger partial charge in [-0.05, 0) is 0 Å². The Labute approximate surface area is 87.2 Å². The third-order valence-corrected chi connectivity index (χ3v) is 1.60. The predicted octanol–water partition coefficient (Wildman–Crippen LogP) is -2.11. The van der Waals surface area contributed by atoms with Gasteiger partial charge < -0.3 is 16.0 Å². The van der Waals surface area contributed by atoms with Crippen LogP contribution in [0.5, 0.6) is 0 Å². The summed E-state index contributed by atoms with van der Waals surface area (Å²) in [4.78, 5) is 32.3. The van der Waals surface area contributed by atoms with Crippen LogP contribution in [0.2, 0.25) is 0 Å². The molecule has 0 saturated heterocycles. The number of carbonyl (C=O) groups is 3. The van der Waals surface area contributed by atoms with Crippen LogP contribution < -0.4 is 16.0 Å². The Hall–Kier alpha value is -1.24. The number of carbonyl (C=O) groups excluding carboxylic acids is 3. The molecule has 3 N–H and O–H groups in total. The topological polar surface area (TPSA) is 87.3 Å². The maximum absolute atomic E-state index is 11.0. The first kappa shape index (κ1) is 12.8. The second kappa shape index (κ2) is 7.19. The lowest BCUT2D eigenvalue weighted by molar-refractivity contribution is -0.126. The first-order chi connectivity index (χ1) is 6.60. The van der Waals surface area contributed by atoms with Crippen molar-refractivity contribution in [1.29, 1.82) is 0 Å². The Kier molecular flexibility index (Phi) is 6.55. The average Bonchev–Trinajstić information content (AvgIpc) is 2.22. The number of nitrogens with one attached hydrogen (secondary N) is 3. The van der Waals surface area contributed by atoms with E-state index >= 15 is 0 Å². The fourth-order valence-electron chi connectivity index (χ4n) is 0.565. The molecule has 3 amide bonds. The maximum atomic E-state index is 11.0. The van der Waals surface area contributed by atoms with Crippen LogP contribution in [-0.4, -0.2) is 43.6 Å². The molecule has 80 valence electrons. The molecule has 0 aliphatic carbocycles. The van der Waals surface area contributed by atoms with Crippen molar-refractivity contribution < 1.29 is 14.4 Å². The fraction of sp³-hybridized carbons (Fsp3) is 0.571. The quantitative estimate of drug-likeness (QED) is 0.399. The second-order valence-corrected chi connectivity index (χ2v) is 2.70. The highest BCUT2D eigenvalue weighted by Crippen LogP contribution is 1.72. The zero-order valence-corrected chi connectivity index (χ0v) is 8.69. The number of hydrogen-bond acceptors (Lipinski definition) is 4. The Balaban J connectivity index is 3.56. The van der Waals surface area contributed by atoms with E-state index < -0.39 is 5.91 Å². The third-order valence-electron chi connectivity index (χ3n) is 1.31. The molecule has 0 atom stereocenters. The van der Waals surface area contributed by atoms with E-state index in [0.717, 1.165) is 0 Å². The molecular formula is C7H13N3O3S. The van der Waals surface area contributed by atoms with Gasteiger partial charge in [0.05, 0.1) is 18.8 Å². The van der Waals surface area contributed by atoms with E-state index in [0.29, 0.717) is 0 Å². The second-order valence-electron chi connectivity index (χ2n) is 2.38. The molecule has 6 nitrogen and oxygen atoms in total. The lowest BCUT2D eigenvalue weighted by Gasteiger charge is -2.04. The van der Waals surface area contributed by atoms with Gasteiger partial charge in [0.25, 0.3) is 0 Å². The van der Waals surface area contributed by atoms with E-state index in [9.17, 15) is 14.4 Å². The van der Waals surface area contributed by atoms with E-state index in [1.807, 2.05) is 0 Å². The number of amides is 3. The zero-order valence-electron chi connectivity index (χ0n) is 7.79. The van der Waals surface area contributed by atoms with Crippen LogP contribution >= 0.6 is 12.6 Å². The molecule has 0 fully saturated rings. The molecule has 0 aromatic carbocycles. The molecule has 0 aromatic heterocycles. The zero-order chi connectivity index (χ0) is 11.0. The molecule has 0 aliphatic rings. The molecule has 0 aromatic rings. The Morgan fingerprint density at radius 1 is 1.00 bits per heavy atom. The number of likely N-dealkylation sites (N-methyl/N-ethyl adjacent to an activating group) is 1. The summed E-state index contributed by atoms with van der Waals surface area (Å²) in [5.41, 5.74) is 0. The Morgan fingerprint density at radius 2 is 1.50 bits per heavy atom. The highest BCUT2D eigenvalue weighted by atomic mass is 32.1. The van der Waals surface area contributed by atoms with Crippen LogP contribution in [0.4, 0.5) is 0 Å². The molecule has 14 heavy (non-hydrogen) atoms. The van der Waals surface area contributed by atoms with Gasteiger partial charge in [0.15, 0.2) is 0 Å². The van der Waals surface area contributed by atoms with E-state index in [1.54, 1.807) is 0 Å². The van der Waals surface area contributed by atoms with E-state index in [-0.39, 0.29) is 30.7 Å².